The third-order valence-corrected chi connectivity index (χ3v) is 3.16. The smallest absolute Gasteiger partial charge is 0.495 e. The lowest BCUT2D eigenvalue weighted by Gasteiger charge is -2.12. The van der Waals surface area contributed by atoms with Gasteiger partial charge in [-0.05, 0) is 6.07 Å². The highest BCUT2D eigenvalue weighted by molar-refractivity contribution is 7.88. The quantitative estimate of drug-likeness (QED) is 0.484. The Morgan fingerprint density at radius 3 is 2.26 bits per heavy atom. The maximum atomic E-state index is 12.2. The van der Waals surface area contributed by atoms with Gasteiger partial charge in [0.15, 0.2) is 12.0 Å². The monoisotopic (exact) mass is 318 g/mol. The number of methoxy groups -OCH3 is 1. The van der Waals surface area contributed by atoms with Crippen molar-refractivity contribution in [3.63, 3.8) is 0 Å². The predicted octanol–water partition coefficient (Wildman–Crippen LogP) is 2.39. The third-order valence-electron chi connectivity index (χ3n) is 1.89. The predicted molar refractivity (Wildman–Crippen MR) is 59.0 cm³/mol. The van der Waals surface area contributed by atoms with E-state index in [0.717, 1.165) is 19.2 Å². The van der Waals surface area contributed by atoms with Crippen LogP contribution in [0.4, 0.5) is 13.2 Å². The zero-order chi connectivity index (χ0) is 14.8. The minimum Gasteiger partial charge on any atom is -0.495 e. The number of rotatable bonds is 4. The minimum atomic E-state index is -5.88. The van der Waals surface area contributed by atoms with E-state index in [1.54, 1.807) is 0 Å². The van der Waals surface area contributed by atoms with Crippen molar-refractivity contribution in [2.75, 3.05) is 7.11 Å². The molecule has 0 bridgehead atoms. The van der Waals surface area contributed by atoms with E-state index < -0.39 is 26.9 Å². The largest absolute Gasteiger partial charge is 0.534 e. The van der Waals surface area contributed by atoms with Crippen molar-refractivity contribution in [1.29, 1.82) is 0 Å². The van der Waals surface area contributed by atoms with E-state index in [0.29, 0.717) is 0 Å². The average molecular weight is 319 g/mol. The highest BCUT2D eigenvalue weighted by Crippen LogP contribution is 2.34. The van der Waals surface area contributed by atoms with Gasteiger partial charge in [-0.25, -0.2) is 0 Å². The van der Waals surface area contributed by atoms with Crippen LogP contribution in [0.25, 0.3) is 0 Å². The molecule has 0 aliphatic carbocycles. The highest BCUT2D eigenvalue weighted by Gasteiger charge is 2.48. The van der Waals surface area contributed by atoms with Crippen molar-refractivity contribution < 1.29 is 35.3 Å². The van der Waals surface area contributed by atoms with E-state index in [9.17, 15) is 26.4 Å². The fourth-order valence-electron chi connectivity index (χ4n) is 1.04. The molecular formula is C9H6ClF3O5S. The molecule has 0 aromatic heterocycles. The van der Waals surface area contributed by atoms with Crippen LogP contribution < -0.4 is 8.92 Å². The van der Waals surface area contributed by atoms with Gasteiger partial charge in [-0.1, -0.05) is 11.6 Å². The molecule has 1 aromatic carbocycles. The van der Waals surface area contributed by atoms with E-state index in [4.69, 9.17) is 11.6 Å². The van der Waals surface area contributed by atoms with Gasteiger partial charge in [-0.3, -0.25) is 4.79 Å². The number of ether oxygens (including phenoxy) is 1. The topological polar surface area (TPSA) is 69.7 Å². The standard InChI is InChI=1S/C9H6ClF3O5S/c1-17-8-3-7(5(4-14)2-6(8)10)18-19(15,16)9(11,12)13/h2-4H,1H3. The van der Waals surface area contributed by atoms with Gasteiger partial charge in [0.1, 0.15) is 5.75 Å². The first-order valence-corrected chi connectivity index (χ1v) is 6.24. The van der Waals surface area contributed by atoms with Gasteiger partial charge in [-0.2, -0.15) is 21.6 Å². The lowest BCUT2D eigenvalue weighted by Crippen LogP contribution is -2.28. The normalized spacial score (nSPS) is 12.1. The molecule has 0 atom stereocenters. The molecule has 0 N–H and O–H groups in total. The average Bonchev–Trinajstić information content (AvgIpc) is 2.29. The number of carbonyl (C=O) groups is 1. The van der Waals surface area contributed by atoms with Crippen LogP contribution in [0.5, 0.6) is 11.5 Å². The number of halogens is 4. The van der Waals surface area contributed by atoms with Gasteiger partial charge >= 0.3 is 15.6 Å². The molecule has 1 rings (SSSR count). The summed E-state index contributed by atoms with van der Waals surface area (Å²) >= 11 is 5.63. The van der Waals surface area contributed by atoms with Crippen molar-refractivity contribution >= 4 is 28.0 Å². The van der Waals surface area contributed by atoms with Gasteiger partial charge < -0.3 is 8.92 Å². The zero-order valence-electron chi connectivity index (χ0n) is 9.19. The Morgan fingerprint density at radius 1 is 1.26 bits per heavy atom. The zero-order valence-corrected chi connectivity index (χ0v) is 10.8. The Hall–Kier alpha value is -1.48. The summed E-state index contributed by atoms with van der Waals surface area (Å²) in [6.07, 6.45) is 0.104. The van der Waals surface area contributed by atoms with Crippen molar-refractivity contribution in [3.8, 4) is 11.5 Å². The number of carbonyl (C=O) groups excluding carboxylic acids is 1. The van der Waals surface area contributed by atoms with Crippen LogP contribution in [0.3, 0.4) is 0 Å². The number of benzene rings is 1. The maximum absolute atomic E-state index is 12.2. The number of aldehydes is 1. The van der Waals surface area contributed by atoms with Crippen LogP contribution in [0.2, 0.25) is 5.02 Å². The molecule has 0 aliphatic rings. The number of hydrogen-bond acceptors (Lipinski definition) is 5. The SMILES string of the molecule is COc1cc(OS(=O)(=O)C(F)(F)F)c(C=O)cc1Cl. The van der Waals surface area contributed by atoms with Crippen molar-refractivity contribution in [2.45, 2.75) is 5.51 Å². The summed E-state index contributed by atoms with van der Waals surface area (Å²) in [4.78, 5) is 10.7. The Balaban J connectivity index is 3.32. The van der Waals surface area contributed by atoms with Crippen LogP contribution >= 0.6 is 11.6 Å². The molecule has 106 valence electrons. The van der Waals surface area contributed by atoms with Crippen molar-refractivity contribution in [3.05, 3.63) is 22.7 Å². The van der Waals surface area contributed by atoms with Gasteiger partial charge in [0.2, 0.25) is 0 Å². The van der Waals surface area contributed by atoms with Crippen LogP contribution in [0, 0.1) is 0 Å². The highest BCUT2D eigenvalue weighted by atomic mass is 35.5. The lowest BCUT2D eigenvalue weighted by molar-refractivity contribution is -0.0500. The molecular weight excluding hydrogens is 313 g/mol. The minimum absolute atomic E-state index is 0.0821. The van der Waals surface area contributed by atoms with E-state index in [2.05, 4.69) is 8.92 Å². The fraction of sp³-hybridized carbons (Fsp3) is 0.222. The summed E-state index contributed by atoms with van der Waals surface area (Å²) < 4.78 is 66.7. The Kier molecular flexibility index (Phi) is 4.31. The van der Waals surface area contributed by atoms with E-state index in [-0.39, 0.29) is 17.1 Å². The van der Waals surface area contributed by atoms with Crippen LogP contribution in [-0.4, -0.2) is 27.3 Å². The van der Waals surface area contributed by atoms with E-state index in [1.165, 1.54) is 0 Å². The number of hydrogen-bond donors (Lipinski definition) is 0. The summed E-state index contributed by atoms with van der Waals surface area (Å²) in [7, 11) is -4.72. The fourth-order valence-corrected chi connectivity index (χ4v) is 1.76. The van der Waals surface area contributed by atoms with E-state index >= 15 is 0 Å². The molecule has 5 nitrogen and oxygen atoms in total. The summed E-state index contributed by atoms with van der Waals surface area (Å²) in [6, 6.07) is 1.70. The Bertz CT molecular complexity index is 597. The van der Waals surface area contributed by atoms with Crippen LogP contribution in [0.15, 0.2) is 12.1 Å². The molecule has 0 spiro atoms. The van der Waals surface area contributed by atoms with E-state index in [1.807, 2.05) is 0 Å². The van der Waals surface area contributed by atoms with Crippen molar-refractivity contribution in [2.24, 2.45) is 0 Å². The molecule has 1 aromatic rings. The second kappa shape index (κ2) is 5.25. The Labute approximate surface area is 111 Å². The molecule has 0 radical (unpaired) electrons. The molecule has 0 saturated heterocycles. The first kappa shape index (κ1) is 15.6. The first-order valence-electron chi connectivity index (χ1n) is 4.46. The van der Waals surface area contributed by atoms with Gasteiger partial charge in [0.05, 0.1) is 17.7 Å². The summed E-state index contributed by atoms with van der Waals surface area (Å²) in [6.45, 7) is 0. The van der Waals surface area contributed by atoms with Gasteiger partial charge in [0.25, 0.3) is 0 Å². The van der Waals surface area contributed by atoms with Gasteiger partial charge in [0, 0.05) is 6.07 Å². The molecule has 0 saturated carbocycles. The molecule has 10 heteroatoms. The molecule has 0 unspecified atom stereocenters. The molecule has 0 fully saturated rings. The second-order valence-electron chi connectivity index (χ2n) is 3.13. The molecule has 0 heterocycles. The molecule has 0 amide bonds. The molecule has 0 aliphatic heterocycles. The van der Waals surface area contributed by atoms with Gasteiger partial charge in [-0.15, -0.1) is 0 Å². The maximum Gasteiger partial charge on any atom is 0.534 e. The summed E-state index contributed by atoms with van der Waals surface area (Å²) in [5.74, 6) is -0.965. The summed E-state index contributed by atoms with van der Waals surface area (Å²) in [5, 5.41) is -0.0821. The summed E-state index contributed by atoms with van der Waals surface area (Å²) in [5.41, 5.74) is -6.07. The first-order chi connectivity index (χ1) is 8.62. The van der Waals surface area contributed by atoms with Crippen molar-refractivity contribution in [1.82, 2.24) is 0 Å². The van der Waals surface area contributed by atoms with Crippen LogP contribution in [-0.2, 0) is 10.1 Å². The molecule has 19 heavy (non-hydrogen) atoms. The van der Waals surface area contributed by atoms with Crippen LogP contribution in [0.1, 0.15) is 10.4 Å². The Morgan fingerprint density at radius 2 is 1.84 bits per heavy atom. The number of alkyl halides is 3. The third kappa shape index (κ3) is 3.29. The second-order valence-corrected chi connectivity index (χ2v) is 5.07. The lowest BCUT2D eigenvalue weighted by atomic mass is 10.2.